The van der Waals surface area contributed by atoms with E-state index in [0.29, 0.717) is 55.8 Å². The molecule has 1 saturated heterocycles. The number of likely N-dealkylation sites (tertiary alicyclic amines) is 1. The molecule has 1 aliphatic heterocycles. The summed E-state index contributed by atoms with van der Waals surface area (Å²) in [5.41, 5.74) is 2.92. The van der Waals surface area contributed by atoms with Crippen LogP contribution >= 0.6 is 0 Å². The van der Waals surface area contributed by atoms with Gasteiger partial charge >= 0.3 is 0 Å². The number of carbonyl (C=O) groups is 1. The van der Waals surface area contributed by atoms with Gasteiger partial charge < -0.3 is 18.7 Å². The second-order valence-electron chi connectivity index (χ2n) is 9.50. The summed E-state index contributed by atoms with van der Waals surface area (Å²) in [6, 6.07) is 13.8. The van der Waals surface area contributed by atoms with Crippen LogP contribution < -0.4 is 0 Å². The van der Waals surface area contributed by atoms with Crippen molar-refractivity contribution in [3.8, 4) is 11.4 Å². The number of rotatable bonds is 10. The molecule has 0 saturated carbocycles. The number of piperidine rings is 1. The molecular formula is C28H30FN5O4. The second-order valence-corrected chi connectivity index (χ2v) is 9.50. The molecule has 4 aromatic rings. The smallest absolute Gasteiger partial charge is 0.252 e. The molecule has 1 aliphatic rings. The van der Waals surface area contributed by atoms with Crippen molar-refractivity contribution in [3.63, 3.8) is 0 Å². The molecular weight excluding hydrogens is 489 g/mol. The first-order valence-corrected chi connectivity index (χ1v) is 12.9. The number of hydrogen-bond acceptors (Lipinski definition) is 8. The molecule has 5 rings (SSSR count). The predicted molar refractivity (Wildman–Crippen MR) is 135 cm³/mol. The highest BCUT2D eigenvalue weighted by molar-refractivity contribution is 5.76. The summed E-state index contributed by atoms with van der Waals surface area (Å²) in [6.07, 6.45) is 4.21. The second kappa shape index (κ2) is 12.1. The minimum absolute atomic E-state index is 0.0480. The summed E-state index contributed by atoms with van der Waals surface area (Å²) in [5.74, 6) is 1.68. The molecule has 0 aliphatic carbocycles. The summed E-state index contributed by atoms with van der Waals surface area (Å²) in [6.45, 7) is 3.13. The van der Waals surface area contributed by atoms with Crippen LogP contribution in [0.4, 0.5) is 4.39 Å². The van der Waals surface area contributed by atoms with Gasteiger partial charge in [-0.25, -0.2) is 4.39 Å². The highest BCUT2D eigenvalue weighted by Crippen LogP contribution is 2.30. The number of aromatic nitrogens is 4. The Balaban J connectivity index is 1.12. The van der Waals surface area contributed by atoms with Crippen molar-refractivity contribution >= 4 is 5.91 Å². The summed E-state index contributed by atoms with van der Waals surface area (Å²) >= 11 is 0. The zero-order valence-electron chi connectivity index (χ0n) is 21.3. The molecule has 1 atom stereocenters. The lowest BCUT2D eigenvalue weighted by Gasteiger charge is -2.33. The molecule has 1 fully saturated rings. The molecule has 10 heteroatoms. The van der Waals surface area contributed by atoms with Gasteiger partial charge in [0.1, 0.15) is 12.4 Å². The highest BCUT2D eigenvalue weighted by atomic mass is 19.1. The Morgan fingerprint density at radius 3 is 2.61 bits per heavy atom. The van der Waals surface area contributed by atoms with Crippen LogP contribution in [0.15, 0.2) is 57.6 Å². The largest absolute Gasteiger partial charge is 0.367 e. The van der Waals surface area contributed by atoms with Crippen molar-refractivity contribution in [1.29, 1.82) is 0 Å². The molecule has 2 aromatic heterocycles. The number of carbonyl (C=O) groups excluding carboxylic acids is 1. The van der Waals surface area contributed by atoms with Gasteiger partial charge in [0, 0.05) is 24.9 Å². The summed E-state index contributed by atoms with van der Waals surface area (Å²) in [7, 11) is 0. The van der Waals surface area contributed by atoms with Gasteiger partial charge in [-0.3, -0.25) is 4.79 Å². The Hall–Kier alpha value is -3.92. The van der Waals surface area contributed by atoms with E-state index >= 15 is 0 Å². The van der Waals surface area contributed by atoms with Crippen LogP contribution in [0, 0.1) is 12.7 Å². The Bertz CT molecular complexity index is 1340. The van der Waals surface area contributed by atoms with E-state index < -0.39 is 0 Å². The zero-order valence-corrected chi connectivity index (χ0v) is 21.3. The third-order valence-corrected chi connectivity index (χ3v) is 6.57. The minimum Gasteiger partial charge on any atom is -0.367 e. The average molecular weight is 520 g/mol. The molecule has 198 valence electrons. The predicted octanol–water partition coefficient (Wildman–Crippen LogP) is 5.36. The van der Waals surface area contributed by atoms with Crippen LogP contribution in [0.1, 0.15) is 66.9 Å². The normalized spacial score (nSPS) is 15.6. The topological polar surface area (TPSA) is 107 Å². The fourth-order valence-electron chi connectivity index (χ4n) is 4.51. The van der Waals surface area contributed by atoms with Gasteiger partial charge in [0.25, 0.3) is 5.89 Å². The summed E-state index contributed by atoms with van der Waals surface area (Å²) in [5, 5.41) is 8.20. The van der Waals surface area contributed by atoms with Crippen molar-refractivity contribution < 1.29 is 23.0 Å². The van der Waals surface area contributed by atoms with Crippen LogP contribution in [0.2, 0.25) is 0 Å². The van der Waals surface area contributed by atoms with Gasteiger partial charge in [-0.15, -0.1) is 0 Å². The van der Waals surface area contributed by atoms with Gasteiger partial charge in [0.2, 0.25) is 17.6 Å². The van der Waals surface area contributed by atoms with E-state index in [0.717, 1.165) is 30.4 Å². The standard InChI is InChI=1S/C28H30FN5O4/c1-19-8-12-21(13-9-19)27-30-24(37-32-27)6-4-7-26(35)34-16-3-2-5-23(34)28-31-25(38-33-28)18-36-17-20-10-14-22(29)15-11-20/h8-15,23H,2-7,16-18H2,1H3. The van der Waals surface area contributed by atoms with Crippen molar-refractivity contribution in [1.82, 2.24) is 25.2 Å². The minimum atomic E-state index is -0.288. The van der Waals surface area contributed by atoms with Gasteiger partial charge in [-0.05, 0) is 50.3 Å². The van der Waals surface area contributed by atoms with E-state index in [2.05, 4.69) is 20.3 Å². The molecule has 3 heterocycles. The zero-order chi connectivity index (χ0) is 26.3. The Labute approximate surface area is 220 Å². The van der Waals surface area contributed by atoms with E-state index in [-0.39, 0.29) is 24.4 Å². The van der Waals surface area contributed by atoms with E-state index in [4.69, 9.17) is 13.8 Å². The molecule has 38 heavy (non-hydrogen) atoms. The fourth-order valence-corrected chi connectivity index (χ4v) is 4.51. The third-order valence-electron chi connectivity index (χ3n) is 6.57. The fraction of sp³-hybridized carbons (Fsp3) is 0.393. The van der Waals surface area contributed by atoms with Crippen molar-refractivity contribution in [2.75, 3.05) is 6.54 Å². The van der Waals surface area contributed by atoms with Gasteiger partial charge in [-0.2, -0.15) is 9.97 Å². The highest BCUT2D eigenvalue weighted by Gasteiger charge is 2.31. The van der Waals surface area contributed by atoms with Crippen molar-refractivity contribution in [3.05, 3.63) is 83.1 Å². The Morgan fingerprint density at radius 2 is 1.79 bits per heavy atom. The lowest BCUT2D eigenvalue weighted by Crippen LogP contribution is -2.39. The number of nitrogens with zero attached hydrogens (tertiary/aromatic N) is 5. The average Bonchev–Trinajstić information content (AvgIpc) is 3.60. The number of benzene rings is 2. The van der Waals surface area contributed by atoms with Crippen LogP contribution in [0.25, 0.3) is 11.4 Å². The molecule has 0 N–H and O–H groups in total. The molecule has 0 bridgehead atoms. The molecule has 2 aromatic carbocycles. The van der Waals surface area contributed by atoms with Crippen LogP contribution in [0.5, 0.6) is 0 Å². The molecule has 1 unspecified atom stereocenters. The maximum Gasteiger partial charge on any atom is 0.252 e. The Morgan fingerprint density at radius 1 is 1.00 bits per heavy atom. The molecule has 0 radical (unpaired) electrons. The van der Waals surface area contributed by atoms with Crippen molar-refractivity contribution in [2.45, 2.75) is 64.7 Å². The number of hydrogen-bond donors (Lipinski definition) is 0. The van der Waals surface area contributed by atoms with Gasteiger partial charge in [-0.1, -0.05) is 52.3 Å². The Kier molecular flexibility index (Phi) is 8.18. The van der Waals surface area contributed by atoms with E-state index in [9.17, 15) is 9.18 Å². The van der Waals surface area contributed by atoms with Gasteiger partial charge in [0.05, 0.1) is 12.6 Å². The lowest BCUT2D eigenvalue weighted by atomic mass is 10.0. The van der Waals surface area contributed by atoms with Crippen molar-refractivity contribution in [2.24, 2.45) is 0 Å². The molecule has 0 spiro atoms. The first-order chi connectivity index (χ1) is 18.5. The monoisotopic (exact) mass is 519 g/mol. The number of halogens is 1. The van der Waals surface area contributed by atoms with E-state index in [1.807, 2.05) is 36.1 Å². The third kappa shape index (κ3) is 6.49. The maximum absolute atomic E-state index is 13.1. The summed E-state index contributed by atoms with van der Waals surface area (Å²) in [4.78, 5) is 23.9. The maximum atomic E-state index is 13.1. The number of aryl methyl sites for hydroxylation is 2. The first-order valence-electron chi connectivity index (χ1n) is 12.9. The molecule has 1 amide bonds. The number of amides is 1. The quantitative estimate of drug-likeness (QED) is 0.276. The number of ether oxygens (including phenoxy) is 1. The first kappa shape index (κ1) is 25.7. The van der Waals surface area contributed by atoms with E-state index in [1.54, 1.807) is 12.1 Å². The van der Waals surface area contributed by atoms with Crippen LogP contribution in [-0.2, 0) is 29.2 Å². The van der Waals surface area contributed by atoms with Crippen LogP contribution in [0.3, 0.4) is 0 Å². The van der Waals surface area contributed by atoms with Crippen LogP contribution in [-0.4, -0.2) is 37.6 Å². The van der Waals surface area contributed by atoms with E-state index in [1.165, 1.54) is 17.7 Å². The summed E-state index contributed by atoms with van der Waals surface area (Å²) < 4.78 is 29.4. The molecule has 9 nitrogen and oxygen atoms in total. The lowest BCUT2D eigenvalue weighted by molar-refractivity contribution is -0.135. The van der Waals surface area contributed by atoms with Gasteiger partial charge in [0.15, 0.2) is 5.82 Å². The SMILES string of the molecule is Cc1ccc(-c2noc(CCCC(=O)N3CCCCC3c3noc(COCc4ccc(F)cc4)n3)n2)cc1.